The van der Waals surface area contributed by atoms with Gasteiger partial charge < -0.3 is 9.17 Å². The fraction of sp³-hybridized carbons (Fsp3) is 0.250. The summed E-state index contributed by atoms with van der Waals surface area (Å²) in [6.45, 7) is 0. The molecule has 0 aliphatic heterocycles. The molecule has 56 valence electrons. The lowest BCUT2D eigenvalue weighted by Gasteiger charge is -1.94. The third-order valence-corrected chi connectivity index (χ3v) is 1.16. The summed E-state index contributed by atoms with van der Waals surface area (Å²) in [7, 11) is -3.44. The van der Waals surface area contributed by atoms with Gasteiger partial charge in [0.1, 0.15) is 0 Å². The molecule has 0 unspecified atom stereocenters. The number of aromatic amines is 1. The lowest BCUT2D eigenvalue weighted by atomic mass is 11.0. The molecule has 1 N–H and O–H groups in total. The van der Waals surface area contributed by atoms with E-state index in [-0.39, 0.29) is 6.01 Å². The number of nitrogens with one attached hydrogen (secondary N) is 1. The molecule has 1 aromatic heterocycles. The highest BCUT2D eigenvalue weighted by Gasteiger charge is 2.03. The summed E-state index contributed by atoms with van der Waals surface area (Å²) in [6.07, 6.45) is 3.83. The van der Waals surface area contributed by atoms with E-state index in [4.69, 9.17) is 0 Å². The molecular formula is C4H6N2O3S. The van der Waals surface area contributed by atoms with Crippen LogP contribution in [0.4, 0.5) is 0 Å². The fourth-order valence-corrected chi connectivity index (χ4v) is 0.818. The number of hydrogen-bond acceptors (Lipinski definition) is 4. The van der Waals surface area contributed by atoms with Crippen molar-refractivity contribution in [2.24, 2.45) is 0 Å². The Labute approximate surface area is 58.2 Å². The molecule has 0 aliphatic carbocycles. The summed E-state index contributed by atoms with van der Waals surface area (Å²) in [4.78, 5) is 6.03. The molecule has 0 bridgehead atoms. The first-order valence-corrected chi connectivity index (χ1v) is 4.28. The quantitative estimate of drug-likeness (QED) is 0.608. The summed E-state index contributed by atoms with van der Waals surface area (Å²) in [5.41, 5.74) is 0. The highest BCUT2D eigenvalue weighted by molar-refractivity contribution is 7.86. The molecule has 1 heterocycles. The second-order valence-electron chi connectivity index (χ2n) is 1.68. The van der Waals surface area contributed by atoms with Crippen LogP contribution in [0.5, 0.6) is 6.01 Å². The Balaban J connectivity index is 2.75. The molecule has 0 atom stereocenters. The second-order valence-corrected chi connectivity index (χ2v) is 3.26. The first-order chi connectivity index (χ1) is 4.58. The molecule has 0 amide bonds. The van der Waals surface area contributed by atoms with Crippen molar-refractivity contribution in [3.63, 3.8) is 0 Å². The van der Waals surface area contributed by atoms with Crippen LogP contribution < -0.4 is 4.18 Å². The van der Waals surface area contributed by atoms with E-state index in [9.17, 15) is 8.42 Å². The average Bonchev–Trinajstić information content (AvgIpc) is 2.12. The minimum atomic E-state index is -3.44. The van der Waals surface area contributed by atoms with Crippen LogP contribution in [0.3, 0.4) is 0 Å². The smallest absolute Gasteiger partial charge is 0.310 e. The topological polar surface area (TPSA) is 72.1 Å². The maximum absolute atomic E-state index is 10.4. The lowest BCUT2D eigenvalue weighted by Crippen LogP contribution is -2.06. The van der Waals surface area contributed by atoms with E-state index in [2.05, 4.69) is 14.2 Å². The highest BCUT2D eigenvalue weighted by atomic mass is 32.2. The molecule has 5 nitrogen and oxygen atoms in total. The van der Waals surface area contributed by atoms with Crippen molar-refractivity contribution in [1.29, 1.82) is 0 Å². The average molecular weight is 162 g/mol. The van der Waals surface area contributed by atoms with Gasteiger partial charge >= 0.3 is 16.1 Å². The zero-order valence-electron chi connectivity index (χ0n) is 5.23. The van der Waals surface area contributed by atoms with E-state index >= 15 is 0 Å². The van der Waals surface area contributed by atoms with Gasteiger partial charge in [0.2, 0.25) is 0 Å². The van der Waals surface area contributed by atoms with Crippen LogP contribution in [-0.4, -0.2) is 24.6 Å². The van der Waals surface area contributed by atoms with Gasteiger partial charge in [-0.3, -0.25) is 0 Å². The van der Waals surface area contributed by atoms with Crippen LogP contribution >= 0.6 is 0 Å². The van der Waals surface area contributed by atoms with Crippen molar-refractivity contribution in [3.05, 3.63) is 12.4 Å². The lowest BCUT2D eigenvalue weighted by molar-refractivity contribution is 0.474. The normalized spacial score (nSPS) is 11.3. The van der Waals surface area contributed by atoms with Crippen molar-refractivity contribution < 1.29 is 12.6 Å². The first kappa shape index (κ1) is 7.07. The van der Waals surface area contributed by atoms with Gasteiger partial charge in [0.15, 0.2) is 0 Å². The second kappa shape index (κ2) is 2.30. The fourth-order valence-electron chi connectivity index (χ4n) is 0.440. The van der Waals surface area contributed by atoms with Gasteiger partial charge in [0, 0.05) is 12.4 Å². The van der Waals surface area contributed by atoms with Gasteiger partial charge in [0.05, 0.1) is 6.26 Å². The number of rotatable bonds is 2. The van der Waals surface area contributed by atoms with Crippen molar-refractivity contribution >= 4 is 10.1 Å². The van der Waals surface area contributed by atoms with Gasteiger partial charge in [-0.1, -0.05) is 0 Å². The number of nitrogens with zero attached hydrogens (tertiary/aromatic N) is 1. The van der Waals surface area contributed by atoms with Gasteiger partial charge in [-0.25, -0.2) is 4.98 Å². The Bertz CT molecular complexity index is 288. The Kier molecular flexibility index (Phi) is 1.62. The van der Waals surface area contributed by atoms with Gasteiger partial charge in [0.25, 0.3) is 0 Å². The van der Waals surface area contributed by atoms with E-state index in [0.717, 1.165) is 6.26 Å². The maximum atomic E-state index is 10.4. The van der Waals surface area contributed by atoms with E-state index in [1.54, 1.807) is 0 Å². The van der Waals surface area contributed by atoms with Gasteiger partial charge in [-0.2, -0.15) is 8.42 Å². The number of aromatic nitrogens is 2. The van der Waals surface area contributed by atoms with Crippen LogP contribution in [0, 0.1) is 0 Å². The molecule has 0 saturated heterocycles. The summed E-state index contributed by atoms with van der Waals surface area (Å²) in [5, 5.41) is 0. The van der Waals surface area contributed by atoms with Gasteiger partial charge in [-0.05, 0) is 0 Å². The monoisotopic (exact) mass is 162 g/mol. The van der Waals surface area contributed by atoms with Crippen molar-refractivity contribution in [3.8, 4) is 6.01 Å². The number of imidazole rings is 1. The summed E-state index contributed by atoms with van der Waals surface area (Å²) in [5.74, 6) is 0. The molecule has 0 radical (unpaired) electrons. The zero-order chi connectivity index (χ0) is 7.61. The number of hydrogen-bond donors (Lipinski definition) is 1. The molecule has 10 heavy (non-hydrogen) atoms. The maximum Gasteiger partial charge on any atom is 0.310 e. The SMILES string of the molecule is CS(=O)(=O)Oc1ncc[nH]1. The molecule has 1 aromatic rings. The Morgan fingerprint density at radius 3 is 2.80 bits per heavy atom. The van der Waals surface area contributed by atoms with Crippen LogP contribution in [0.2, 0.25) is 0 Å². The van der Waals surface area contributed by atoms with Crippen molar-refractivity contribution in [1.82, 2.24) is 9.97 Å². The number of H-pyrrole nitrogens is 1. The summed E-state index contributed by atoms with van der Waals surface area (Å²) >= 11 is 0. The molecule has 6 heteroatoms. The molecule has 1 rings (SSSR count). The first-order valence-electron chi connectivity index (χ1n) is 2.47. The minimum absolute atomic E-state index is 0.0116. The molecule has 0 fully saturated rings. The largest absolute Gasteiger partial charge is 0.345 e. The van der Waals surface area contributed by atoms with Crippen LogP contribution in [0.25, 0.3) is 0 Å². The summed E-state index contributed by atoms with van der Waals surface area (Å²) in [6, 6.07) is -0.0116. The Hall–Kier alpha value is -1.04. The molecule has 0 aliphatic rings. The van der Waals surface area contributed by atoms with Crippen LogP contribution in [0.15, 0.2) is 12.4 Å². The predicted octanol–water partition coefficient (Wildman–Crippen LogP) is -0.252. The minimum Gasteiger partial charge on any atom is -0.345 e. The van der Waals surface area contributed by atoms with E-state index < -0.39 is 10.1 Å². The molecule has 0 aromatic carbocycles. The third kappa shape index (κ3) is 2.06. The predicted molar refractivity (Wildman–Crippen MR) is 34.1 cm³/mol. The van der Waals surface area contributed by atoms with Gasteiger partial charge in [-0.15, -0.1) is 0 Å². The highest BCUT2D eigenvalue weighted by Crippen LogP contribution is 2.00. The molecule has 0 saturated carbocycles. The molecule has 0 spiro atoms. The standard InChI is InChI=1S/C4H6N2O3S/c1-10(7,8)9-4-5-2-3-6-4/h2-3H,1H3,(H,5,6). The van der Waals surface area contributed by atoms with E-state index in [0.29, 0.717) is 0 Å². The third-order valence-electron chi connectivity index (χ3n) is 0.703. The van der Waals surface area contributed by atoms with Crippen molar-refractivity contribution in [2.45, 2.75) is 0 Å². The van der Waals surface area contributed by atoms with Crippen LogP contribution in [0.1, 0.15) is 0 Å². The zero-order valence-corrected chi connectivity index (χ0v) is 6.05. The Morgan fingerprint density at radius 2 is 2.40 bits per heavy atom. The van der Waals surface area contributed by atoms with E-state index in [1.807, 2.05) is 0 Å². The summed E-state index contributed by atoms with van der Waals surface area (Å²) < 4.78 is 25.2. The Morgan fingerprint density at radius 1 is 1.70 bits per heavy atom. The van der Waals surface area contributed by atoms with E-state index in [1.165, 1.54) is 12.4 Å². The molecular weight excluding hydrogens is 156 g/mol. The van der Waals surface area contributed by atoms with Crippen LogP contribution in [-0.2, 0) is 10.1 Å². The van der Waals surface area contributed by atoms with Crippen molar-refractivity contribution in [2.75, 3.05) is 6.26 Å².